The number of nitrogen functional groups attached to an aromatic ring is 1. The molecule has 1 saturated heterocycles. The Morgan fingerprint density at radius 2 is 1.93 bits per heavy atom. The summed E-state index contributed by atoms with van der Waals surface area (Å²) in [5.74, 6) is -0.603. The molecule has 0 unspecified atom stereocenters. The van der Waals surface area contributed by atoms with Crippen molar-refractivity contribution in [3.63, 3.8) is 0 Å². The zero-order valence-electron chi connectivity index (χ0n) is 15.1. The van der Waals surface area contributed by atoms with Gasteiger partial charge in [-0.2, -0.15) is 10.5 Å². The van der Waals surface area contributed by atoms with Crippen LogP contribution in [0.3, 0.4) is 0 Å². The highest BCUT2D eigenvalue weighted by atomic mass is 35.5. The molecule has 2 amide bonds. The van der Waals surface area contributed by atoms with Crippen LogP contribution >= 0.6 is 23.4 Å². The molecule has 1 saturated carbocycles. The molecular formula is C20H14ClN5O2S. The van der Waals surface area contributed by atoms with Gasteiger partial charge in [0.2, 0.25) is 11.8 Å². The standard InChI is InChI=1S/C20H14ClN5O2S/c21-11-2-1-3-12(6-11)26-16(27)7-15(20(26)28)29-19-14(9-23)17(10-4-5-10)13(8-22)18(24)25-19/h1-3,6,10,15H,4-5,7H2,(H2,24,25)/t15-/m1/s1. The highest BCUT2D eigenvalue weighted by Gasteiger charge is 2.41. The van der Waals surface area contributed by atoms with E-state index >= 15 is 0 Å². The fourth-order valence-corrected chi connectivity index (χ4v) is 4.72. The number of thioether (sulfide) groups is 1. The van der Waals surface area contributed by atoms with Crippen LogP contribution in [0.15, 0.2) is 29.3 Å². The maximum Gasteiger partial charge on any atom is 0.247 e. The van der Waals surface area contributed by atoms with Gasteiger partial charge in [-0.05, 0) is 42.5 Å². The van der Waals surface area contributed by atoms with Crippen LogP contribution in [-0.4, -0.2) is 22.0 Å². The first-order chi connectivity index (χ1) is 13.9. The summed E-state index contributed by atoms with van der Waals surface area (Å²) in [4.78, 5) is 30.7. The Labute approximate surface area is 176 Å². The Kier molecular flexibility index (Phi) is 4.91. The zero-order valence-corrected chi connectivity index (χ0v) is 16.6. The predicted molar refractivity (Wildman–Crippen MR) is 108 cm³/mol. The number of rotatable bonds is 4. The second-order valence-electron chi connectivity index (χ2n) is 6.82. The molecule has 144 valence electrons. The lowest BCUT2D eigenvalue weighted by Crippen LogP contribution is -2.31. The molecule has 1 atom stereocenters. The van der Waals surface area contributed by atoms with E-state index in [1.54, 1.807) is 24.3 Å². The number of hydrogen-bond donors (Lipinski definition) is 1. The number of halogens is 1. The van der Waals surface area contributed by atoms with Crippen molar-refractivity contribution in [1.29, 1.82) is 10.5 Å². The lowest BCUT2D eigenvalue weighted by Gasteiger charge is -2.16. The average molecular weight is 424 g/mol. The van der Waals surface area contributed by atoms with Crippen LogP contribution in [0.4, 0.5) is 11.5 Å². The molecule has 0 bridgehead atoms. The molecule has 1 aliphatic heterocycles. The summed E-state index contributed by atoms with van der Waals surface area (Å²) in [5, 5.41) is 19.1. The van der Waals surface area contributed by atoms with Gasteiger partial charge in [0.25, 0.3) is 0 Å². The third-order valence-electron chi connectivity index (χ3n) is 4.87. The molecule has 2 aliphatic rings. The number of nitrogens with zero attached hydrogens (tertiary/aromatic N) is 4. The van der Waals surface area contributed by atoms with Crippen LogP contribution in [0, 0.1) is 22.7 Å². The number of amides is 2. The molecule has 1 aliphatic carbocycles. The first-order valence-electron chi connectivity index (χ1n) is 8.87. The Morgan fingerprint density at radius 1 is 1.21 bits per heavy atom. The van der Waals surface area contributed by atoms with Crippen LogP contribution in [-0.2, 0) is 9.59 Å². The Morgan fingerprint density at radius 3 is 2.55 bits per heavy atom. The lowest BCUT2D eigenvalue weighted by molar-refractivity contribution is -0.121. The third kappa shape index (κ3) is 3.42. The van der Waals surface area contributed by atoms with Crippen LogP contribution in [0.5, 0.6) is 0 Å². The number of imide groups is 1. The minimum absolute atomic E-state index is 0.0266. The Bertz CT molecular complexity index is 1130. The summed E-state index contributed by atoms with van der Waals surface area (Å²) in [6.45, 7) is 0. The third-order valence-corrected chi connectivity index (χ3v) is 6.27. The van der Waals surface area contributed by atoms with Crippen molar-refractivity contribution in [2.45, 2.75) is 35.5 Å². The highest BCUT2D eigenvalue weighted by Crippen LogP contribution is 2.46. The molecule has 2 fully saturated rings. The molecule has 7 nitrogen and oxygen atoms in total. The van der Waals surface area contributed by atoms with Gasteiger partial charge in [0.05, 0.1) is 22.1 Å². The number of pyridine rings is 1. The Balaban J connectivity index is 1.69. The van der Waals surface area contributed by atoms with Gasteiger partial charge in [-0.3, -0.25) is 9.59 Å². The minimum atomic E-state index is -0.736. The fourth-order valence-electron chi connectivity index (χ4n) is 3.41. The molecule has 29 heavy (non-hydrogen) atoms. The van der Waals surface area contributed by atoms with E-state index in [0.717, 1.165) is 29.5 Å². The van der Waals surface area contributed by atoms with Gasteiger partial charge in [0.1, 0.15) is 23.0 Å². The van der Waals surface area contributed by atoms with Crippen LogP contribution in [0.25, 0.3) is 0 Å². The molecule has 1 aromatic heterocycles. The molecule has 1 aromatic carbocycles. The van der Waals surface area contributed by atoms with Crippen molar-refractivity contribution in [3.8, 4) is 12.1 Å². The maximum atomic E-state index is 12.9. The van der Waals surface area contributed by atoms with Crippen molar-refractivity contribution < 1.29 is 9.59 Å². The number of benzene rings is 1. The fraction of sp³-hybridized carbons (Fsp3) is 0.250. The normalized spacial score (nSPS) is 18.6. The number of carbonyl (C=O) groups excluding carboxylic acids is 2. The maximum absolute atomic E-state index is 12.9. The molecule has 0 radical (unpaired) electrons. The summed E-state index contributed by atoms with van der Waals surface area (Å²) >= 11 is 7.02. The van der Waals surface area contributed by atoms with E-state index in [2.05, 4.69) is 11.1 Å². The van der Waals surface area contributed by atoms with E-state index < -0.39 is 11.2 Å². The van der Waals surface area contributed by atoms with E-state index in [0.29, 0.717) is 16.3 Å². The van der Waals surface area contributed by atoms with Crippen molar-refractivity contribution in [3.05, 3.63) is 46.0 Å². The van der Waals surface area contributed by atoms with Crippen molar-refractivity contribution >= 4 is 46.7 Å². The zero-order chi connectivity index (χ0) is 20.7. The monoisotopic (exact) mass is 423 g/mol. The van der Waals surface area contributed by atoms with Gasteiger partial charge >= 0.3 is 0 Å². The molecule has 4 rings (SSSR count). The summed E-state index contributed by atoms with van der Waals surface area (Å²) in [5.41, 5.74) is 7.46. The van der Waals surface area contributed by atoms with E-state index in [1.807, 2.05) is 6.07 Å². The average Bonchev–Trinajstić information content (AvgIpc) is 3.48. The summed E-state index contributed by atoms with van der Waals surface area (Å²) in [6.07, 6.45) is 1.72. The van der Waals surface area contributed by atoms with Gasteiger partial charge in [-0.15, -0.1) is 0 Å². The van der Waals surface area contributed by atoms with E-state index in [-0.39, 0.29) is 40.2 Å². The second kappa shape index (κ2) is 7.40. The smallest absolute Gasteiger partial charge is 0.247 e. The number of anilines is 2. The van der Waals surface area contributed by atoms with Crippen molar-refractivity contribution in [2.24, 2.45) is 0 Å². The SMILES string of the molecule is N#Cc1c(N)nc(S[C@@H]2CC(=O)N(c3cccc(Cl)c3)C2=O)c(C#N)c1C1CC1. The quantitative estimate of drug-likeness (QED) is 0.747. The molecular weight excluding hydrogens is 410 g/mol. The molecule has 2 N–H and O–H groups in total. The number of nitrogens with two attached hydrogens (primary N) is 1. The summed E-state index contributed by atoms with van der Waals surface area (Å²) in [6, 6.07) is 10.7. The van der Waals surface area contributed by atoms with Crippen molar-refractivity contribution in [1.82, 2.24) is 4.98 Å². The van der Waals surface area contributed by atoms with E-state index in [1.165, 1.54) is 0 Å². The largest absolute Gasteiger partial charge is 0.383 e. The number of carbonyl (C=O) groups is 2. The Hall–Kier alpha value is -3.07. The minimum Gasteiger partial charge on any atom is -0.383 e. The van der Waals surface area contributed by atoms with Crippen molar-refractivity contribution in [2.75, 3.05) is 10.6 Å². The van der Waals surface area contributed by atoms with E-state index in [4.69, 9.17) is 17.3 Å². The van der Waals surface area contributed by atoms with Gasteiger partial charge in [0.15, 0.2) is 0 Å². The topological polar surface area (TPSA) is 124 Å². The van der Waals surface area contributed by atoms with E-state index in [9.17, 15) is 20.1 Å². The summed E-state index contributed by atoms with van der Waals surface area (Å²) in [7, 11) is 0. The number of aromatic nitrogens is 1. The number of nitriles is 2. The molecule has 0 spiro atoms. The van der Waals surface area contributed by atoms with Gasteiger partial charge in [-0.1, -0.05) is 29.4 Å². The second-order valence-corrected chi connectivity index (χ2v) is 8.45. The molecule has 2 aromatic rings. The first-order valence-corrected chi connectivity index (χ1v) is 10.1. The lowest BCUT2D eigenvalue weighted by atomic mass is 10.0. The summed E-state index contributed by atoms with van der Waals surface area (Å²) < 4.78 is 0. The van der Waals surface area contributed by atoms with Crippen LogP contribution < -0.4 is 10.6 Å². The van der Waals surface area contributed by atoms with Gasteiger partial charge in [-0.25, -0.2) is 9.88 Å². The first kappa shape index (κ1) is 19.3. The highest BCUT2D eigenvalue weighted by molar-refractivity contribution is 8.00. The van der Waals surface area contributed by atoms with Crippen LogP contribution in [0.1, 0.15) is 41.9 Å². The van der Waals surface area contributed by atoms with Crippen LogP contribution in [0.2, 0.25) is 5.02 Å². The molecule has 2 heterocycles. The predicted octanol–water partition coefficient (Wildman–Crippen LogP) is 3.36. The van der Waals surface area contributed by atoms with Gasteiger partial charge in [0, 0.05) is 11.4 Å². The molecule has 9 heteroatoms. The van der Waals surface area contributed by atoms with Gasteiger partial charge < -0.3 is 5.73 Å². The number of hydrogen-bond acceptors (Lipinski definition) is 7.